The summed E-state index contributed by atoms with van der Waals surface area (Å²) < 4.78 is 0. The number of halogens is 1. The Morgan fingerprint density at radius 3 is 2.64 bits per heavy atom. The first kappa shape index (κ1) is 11.5. The van der Waals surface area contributed by atoms with Gasteiger partial charge in [-0.1, -0.05) is 0 Å². The van der Waals surface area contributed by atoms with Gasteiger partial charge in [-0.05, 0) is 19.9 Å². The lowest BCUT2D eigenvalue weighted by Crippen LogP contribution is -2.36. The predicted octanol–water partition coefficient (Wildman–Crippen LogP) is 0.167. The number of rotatable bonds is 1. The van der Waals surface area contributed by atoms with Crippen molar-refractivity contribution in [2.24, 2.45) is 5.41 Å². The van der Waals surface area contributed by atoms with Gasteiger partial charge in [0.25, 0.3) is 0 Å². The molecule has 5 heteroatoms. The number of imide groups is 1. The molecule has 2 heterocycles. The molecule has 1 N–H and O–H groups in total. The number of hydrogen-bond donors (Lipinski definition) is 1. The van der Waals surface area contributed by atoms with Crippen molar-refractivity contribution < 1.29 is 9.59 Å². The van der Waals surface area contributed by atoms with Crippen LogP contribution >= 0.6 is 12.4 Å². The third-order valence-corrected chi connectivity index (χ3v) is 3.05. The van der Waals surface area contributed by atoms with E-state index in [4.69, 9.17) is 0 Å². The van der Waals surface area contributed by atoms with Gasteiger partial charge in [0, 0.05) is 19.5 Å². The molecule has 2 rings (SSSR count). The van der Waals surface area contributed by atoms with Crippen LogP contribution in [-0.4, -0.2) is 36.3 Å². The number of carbonyl (C=O) groups is 2. The average molecular weight is 219 g/mol. The highest BCUT2D eigenvalue weighted by Gasteiger charge is 2.52. The van der Waals surface area contributed by atoms with Crippen molar-refractivity contribution in [2.45, 2.75) is 19.8 Å². The van der Waals surface area contributed by atoms with Crippen LogP contribution in [0.2, 0.25) is 0 Å². The fourth-order valence-corrected chi connectivity index (χ4v) is 2.26. The molecular formula is C9H15ClN2O2. The Morgan fingerprint density at radius 1 is 1.50 bits per heavy atom. The van der Waals surface area contributed by atoms with Crippen LogP contribution in [0.3, 0.4) is 0 Å². The SMILES string of the molecule is CCN1C(=O)CC2(CCNC2)C1=O.Cl. The molecule has 0 bridgehead atoms. The summed E-state index contributed by atoms with van der Waals surface area (Å²) in [5.74, 6) is 0.0289. The normalized spacial score (nSPS) is 31.4. The van der Waals surface area contributed by atoms with Gasteiger partial charge in [-0.25, -0.2) is 0 Å². The predicted molar refractivity (Wildman–Crippen MR) is 54.2 cm³/mol. The summed E-state index contributed by atoms with van der Waals surface area (Å²) in [5, 5.41) is 3.15. The molecule has 2 saturated heterocycles. The number of carbonyl (C=O) groups excluding carboxylic acids is 2. The molecule has 0 saturated carbocycles. The highest BCUT2D eigenvalue weighted by Crippen LogP contribution is 2.37. The number of hydrogen-bond acceptors (Lipinski definition) is 3. The van der Waals surface area contributed by atoms with Crippen molar-refractivity contribution in [3.63, 3.8) is 0 Å². The zero-order chi connectivity index (χ0) is 9.47. The lowest BCUT2D eigenvalue weighted by Gasteiger charge is -2.18. The zero-order valence-corrected chi connectivity index (χ0v) is 9.02. The van der Waals surface area contributed by atoms with Gasteiger partial charge < -0.3 is 5.32 Å². The zero-order valence-electron chi connectivity index (χ0n) is 8.21. The fourth-order valence-electron chi connectivity index (χ4n) is 2.26. The minimum absolute atomic E-state index is 0. The van der Waals surface area contributed by atoms with Crippen LogP contribution in [0.4, 0.5) is 0 Å². The molecule has 2 fully saturated rings. The largest absolute Gasteiger partial charge is 0.316 e. The average Bonchev–Trinajstić information content (AvgIpc) is 2.62. The standard InChI is InChI=1S/C9H14N2O2.ClH/c1-2-11-7(12)5-9(8(11)13)3-4-10-6-9;/h10H,2-6H2,1H3;1H. The second kappa shape index (κ2) is 3.87. The molecule has 0 aliphatic carbocycles. The van der Waals surface area contributed by atoms with Crippen molar-refractivity contribution in [3.8, 4) is 0 Å². The molecule has 0 aromatic heterocycles. The molecule has 1 spiro atoms. The smallest absolute Gasteiger partial charge is 0.237 e. The number of amides is 2. The number of likely N-dealkylation sites (tertiary alicyclic amines) is 1. The molecule has 0 aromatic carbocycles. The van der Waals surface area contributed by atoms with Gasteiger partial charge in [-0.15, -0.1) is 12.4 Å². The Labute approximate surface area is 89.4 Å². The van der Waals surface area contributed by atoms with E-state index in [-0.39, 0.29) is 29.6 Å². The topological polar surface area (TPSA) is 49.4 Å². The second-order valence-corrected chi connectivity index (χ2v) is 3.83. The third-order valence-electron chi connectivity index (χ3n) is 3.05. The van der Waals surface area contributed by atoms with E-state index in [1.165, 1.54) is 4.90 Å². The molecule has 1 atom stereocenters. The molecule has 0 radical (unpaired) electrons. The van der Waals surface area contributed by atoms with Crippen molar-refractivity contribution in [2.75, 3.05) is 19.6 Å². The third kappa shape index (κ3) is 1.42. The van der Waals surface area contributed by atoms with Gasteiger partial charge in [0.1, 0.15) is 0 Å². The van der Waals surface area contributed by atoms with Crippen LogP contribution in [0.5, 0.6) is 0 Å². The van der Waals surface area contributed by atoms with Gasteiger partial charge >= 0.3 is 0 Å². The molecule has 4 nitrogen and oxygen atoms in total. The van der Waals surface area contributed by atoms with Crippen LogP contribution in [0.15, 0.2) is 0 Å². The Balaban J connectivity index is 0.000000980. The van der Waals surface area contributed by atoms with E-state index in [1.807, 2.05) is 6.92 Å². The summed E-state index contributed by atoms with van der Waals surface area (Å²) in [6.07, 6.45) is 1.22. The molecule has 14 heavy (non-hydrogen) atoms. The summed E-state index contributed by atoms with van der Waals surface area (Å²) in [4.78, 5) is 24.7. The van der Waals surface area contributed by atoms with E-state index in [2.05, 4.69) is 5.32 Å². The van der Waals surface area contributed by atoms with Gasteiger partial charge in [-0.3, -0.25) is 14.5 Å². The number of nitrogens with zero attached hydrogens (tertiary/aromatic N) is 1. The molecular weight excluding hydrogens is 204 g/mol. The van der Waals surface area contributed by atoms with Crippen LogP contribution in [0.25, 0.3) is 0 Å². The van der Waals surface area contributed by atoms with Gasteiger partial charge in [-0.2, -0.15) is 0 Å². The maximum Gasteiger partial charge on any atom is 0.237 e. The molecule has 80 valence electrons. The van der Waals surface area contributed by atoms with E-state index < -0.39 is 0 Å². The molecule has 2 aliphatic rings. The quantitative estimate of drug-likeness (QED) is 0.639. The second-order valence-electron chi connectivity index (χ2n) is 3.83. The van der Waals surface area contributed by atoms with Gasteiger partial charge in [0.2, 0.25) is 11.8 Å². The minimum atomic E-state index is -0.382. The Bertz CT molecular complexity index is 262. The Kier molecular flexibility index (Phi) is 3.17. The maximum absolute atomic E-state index is 11.8. The molecule has 1 unspecified atom stereocenters. The van der Waals surface area contributed by atoms with Gasteiger partial charge in [0.15, 0.2) is 0 Å². The molecule has 2 aliphatic heterocycles. The summed E-state index contributed by atoms with van der Waals surface area (Å²) in [5.41, 5.74) is -0.382. The van der Waals surface area contributed by atoms with Crippen molar-refractivity contribution in [3.05, 3.63) is 0 Å². The monoisotopic (exact) mass is 218 g/mol. The minimum Gasteiger partial charge on any atom is -0.316 e. The van der Waals surface area contributed by atoms with E-state index in [0.29, 0.717) is 19.5 Å². The molecule has 0 aromatic rings. The van der Waals surface area contributed by atoms with Crippen molar-refractivity contribution in [1.29, 1.82) is 0 Å². The first-order chi connectivity index (χ1) is 6.19. The lowest BCUT2D eigenvalue weighted by atomic mass is 9.85. The summed E-state index contributed by atoms with van der Waals surface area (Å²) >= 11 is 0. The van der Waals surface area contributed by atoms with Crippen LogP contribution < -0.4 is 5.32 Å². The van der Waals surface area contributed by atoms with Crippen LogP contribution in [-0.2, 0) is 9.59 Å². The Hall–Kier alpha value is -0.610. The first-order valence-corrected chi connectivity index (χ1v) is 4.75. The summed E-state index contributed by atoms with van der Waals surface area (Å²) in [7, 11) is 0. The van der Waals surface area contributed by atoms with Crippen LogP contribution in [0.1, 0.15) is 19.8 Å². The highest BCUT2D eigenvalue weighted by molar-refractivity contribution is 6.06. The van der Waals surface area contributed by atoms with Crippen molar-refractivity contribution in [1.82, 2.24) is 10.2 Å². The summed E-state index contributed by atoms with van der Waals surface area (Å²) in [6.45, 7) is 3.89. The molecule has 2 amide bonds. The van der Waals surface area contributed by atoms with E-state index in [0.717, 1.165) is 13.0 Å². The van der Waals surface area contributed by atoms with E-state index >= 15 is 0 Å². The summed E-state index contributed by atoms with van der Waals surface area (Å²) in [6, 6.07) is 0. The van der Waals surface area contributed by atoms with E-state index in [9.17, 15) is 9.59 Å². The first-order valence-electron chi connectivity index (χ1n) is 4.75. The Morgan fingerprint density at radius 2 is 2.21 bits per heavy atom. The van der Waals surface area contributed by atoms with Crippen molar-refractivity contribution >= 4 is 24.2 Å². The lowest BCUT2D eigenvalue weighted by molar-refractivity contribution is -0.140. The van der Waals surface area contributed by atoms with E-state index in [1.54, 1.807) is 0 Å². The highest BCUT2D eigenvalue weighted by atomic mass is 35.5. The van der Waals surface area contributed by atoms with Gasteiger partial charge in [0.05, 0.1) is 5.41 Å². The van der Waals surface area contributed by atoms with Crippen LogP contribution in [0, 0.1) is 5.41 Å². The number of nitrogens with one attached hydrogen (secondary N) is 1. The fraction of sp³-hybridized carbons (Fsp3) is 0.778. The maximum atomic E-state index is 11.8.